The van der Waals surface area contributed by atoms with Gasteiger partial charge in [0.2, 0.25) is 0 Å². The zero-order chi connectivity index (χ0) is 16.9. The minimum atomic E-state index is -0.785. The lowest BCUT2D eigenvalue weighted by Crippen LogP contribution is -2.40. The number of benzene rings is 1. The van der Waals surface area contributed by atoms with Gasteiger partial charge in [0.15, 0.2) is 0 Å². The van der Waals surface area contributed by atoms with Crippen molar-refractivity contribution in [2.45, 2.75) is 25.8 Å². The van der Waals surface area contributed by atoms with Crippen molar-refractivity contribution < 1.29 is 14.3 Å². The fourth-order valence-corrected chi connectivity index (χ4v) is 2.47. The molecule has 1 N–H and O–H groups in total. The molecule has 0 radical (unpaired) electrons. The molecule has 3 amide bonds. The summed E-state index contributed by atoms with van der Waals surface area (Å²) in [5, 5.41) is 2.69. The Kier molecular flexibility index (Phi) is 5.60. The number of para-hydroxylation sites is 1. The number of urea groups is 1. The van der Waals surface area contributed by atoms with Crippen molar-refractivity contribution in [3.05, 3.63) is 30.3 Å². The molecular weight excluding hydrogens is 294 g/mol. The zero-order valence-corrected chi connectivity index (χ0v) is 14.0. The van der Waals surface area contributed by atoms with Crippen LogP contribution in [-0.4, -0.2) is 60.6 Å². The summed E-state index contributed by atoms with van der Waals surface area (Å²) in [5.41, 5.74) is -0.785. The molecule has 6 heteroatoms. The van der Waals surface area contributed by atoms with E-state index in [0.717, 1.165) is 25.3 Å². The highest BCUT2D eigenvalue weighted by molar-refractivity contribution is 6.06. The third-order valence-electron chi connectivity index (χ3n) is 3.85. The Labute approximate surface area is 137 Å². The smallest absolute Gasteiger partial charge is 0.325 e. The van der Waals surface area contributed by atoms with Crippen molar-refractivity contribution in [3.63, 3.8) is 0 Å². The summed E-state index contributed by atoms with van der Waals surface area (Å²) in [6.07, 6.45) is 0.747. The molecule has 6 nitrogen and oxygen atoms in total. The van der Waals surface area contributed by atoms with Crippen LogP contribution in [0.4, 0.5) is 4.79 Å². The molecule has 0 saturated carbocycles. The number of nitrogens with zero attached hydrogens (tertiary/aromatic N) is 2. The first-order valence-corrected chi connectivity index (χ1v) is 7.90. The molecule has 1 fully saturated rings. The van der Waals surface area contributed by atoms with Crippen LogP contribution in [0.1, 0.15) is 20.3 Å². The quantitative estimate of drug-likeness (QED) is 0.741. The molecule has 1 aliphatic rings. The van der Waals surface area contributed by atoms with Crippen LogP contribution in [0.3, 0.4) is 0 Å². The number of carbonyl (C=O) groups is 2. The average molecular weight is 319 g/mol. The lowest BCUT2D eigenvalue weighted by Gasteiger charge is -2.19. The van der Waals surface area contributed by atoms with Crippen LogP contribution in [0.5, 0.6) is 5.75 Å². The summed E-state index contributed by atoms with van der Waals surface area (Å²) in [5.74, 6) is 0.708. The number of imide groups is 1. The van der Waals surface area contributed by atoms with Gasteiger partial charge in [0.1, 0.15) is 17.9 Å². The lowest BCUT2D eigenvalue weighted by atomic mass is 10.1. The fourth-order valence-electron chi connectivity index (χ4n) is 2.47. The van der Waals surface area contributed by atoms with E-state index in [1.54, 1.807) is 13.8 Å². The lowest BCUT2D eigenvalue weighted by molar-refractivity contribution is -0.130. The molecule has 1 saturated heterocycles. The van der Waals surface area contributed by atoms with Gasteiger partial charge in [-0.15, -0.1) is 0 Å². The van der Waals surface area contributed by atoms with E-state index >= 15 is 0 Å². The van der Waals surface area contributed by atoms with Gasteiger partial charge in [-0.3, -0.25) is 9.69 Å². The van der Waals surface area contributed by atoms with Crippen molar-refractivity contribution in [3.8, 4) is 5.75 Å². The Hall–Kier alpha value is -2.08. The molecule has 1 aliphatic heterocycles. The van der Waals surface area contributed by atoms with Gasteiger partial charge < -0.3 is 15.0 Å². The minimum absolute atomic E-state index is 0.155. The van der Waals surface area contributed by atoms with Crippen molar-refractivity contribution in [1.82, 2.24) is 15.1 Å². The maximum absolute atomic E-state index is 12.1. The van der Waals surface area contributed by atoms with E-state index in [0.29, 0.717) is 13.2 Å². The highest BCUT2D eigenvalue weighted by Gasteiger charge is 2.43. The molecule has 126 valence electrons. The summed E-state index contributed by atoms with van der Waals surface area (Å²) < 4.78 is 5.65. The predicted molar refractivity (Wildman–Crippen MR) is 88.4 cm³/mol. The number of carbonyl (C=O) groups excluding carboxylic acids is 2. The van der Waals surface area contributed by atoms with Crippen LogP contribution in [0.15, 0.2) is 30.3 Å². The number of rotatable bonds is 8. The molecule has 0 aliphatic carbocycles. The van der Waals surface area contributed by atoms with E-state index in [2.05, 4.69) is 10.2 Å². The van der Waals surface area contributed by atoms with Gasteiger partial charge in [0.25, 0.3) is 5.91 Å². The molecule has 2 rings (SSSR count). The normalized spacial score (nSPS) is 16.8. The molecular formula is C17H25N3O3. The number of hydrogen-bond acceptors (Lipinski definition) is 4. The van der Waals surface area contributed by atoms with E-state index in [4.69, 9.17) is 4.74 Å². The Morgan fingerprint density at radius 1 is 1.17 bits per heavy atom. The molecule has 0 unspecified atom stereocenters. The number of amides is 3. The monoisotopic (exact) mass is 319 g/mol. The standard InChI is InChI=1S/C17H25N3O3/c1-17(2)15(21)20(16(22)18-17)11-7-10-19(3)12-13-23-14-8-5-4-6-9-14/h4-6,8-9H,7,10-13H2,1-3H3,(H,18,22). The third kappa shape index (κ3) is 4.69. The van der Waals surface area contributed by atoms with Crippen LogP contribution in [0.25, 0.3) is 0 Å². The van der Waals surface area contributed by atoms with Crippen LogP contribution in [0.2, 0.25) is 0 Å². The second kappa shape index (κ2) is 7.46. The minimum Gasteiger partial charge on any atom is -0.492 e. The van der Waals surface area contributed by atoms with Crippen LogP contribution in [0, 0.1) is 0 Å². The number of nitrogens with one attached hydrogen (secondary N) is 1. The van der Waals surface area contributed by atoms with Crippen LogP contribution >= 0.6 is 0 Å². The van der Waals surface area contributed by atoms with Gasteiger partial charge in [-0.05, 0) is 46.0 Å². The van der Waals surface area contributed by atoms with E-state index in [1.165, 1.54) is 4.90 Å². The largest absolute Gasteiger partial charge is 0.492 e. The van der Waals surface area contributed by atoms with E-state index < -0.39 is 5.54 Å². The summed E-state index contributed by atoms with van der Waals surface area (Å²) in [6.45, 7) is 6.09. The number of ether oxygens (including phenoxy) is 1. The van der Waals surface area contributed by atoms with Crippen molar-refractivity contribution >= 4 is 11.9 Å². The Bertz CT molecular complexity index is 545. The van der Waals surface area contributed by atoms with Gasteiger partial charge in [-0.25, -0.2) is 4.79 Å². The summed E-state index contributed by atoms with van der Waals surface area (Å²) in [6, 6.07) is 9.40. The second-order valence-electron chi connectivity index (χ2n) is 6.33. The first kappa shape index (κ1) is 17.3. The SMILES string of the molecule is CN(CCCN1C(=O)NC(C)(C)C1=O)CCOc1ccccc1. The maximum Gasteiger partial charge on any atom is 0.325 e. The molecule has 1 heterocycles. The zero-order valence-electron chi connectivity index (χ0n) is 14.0. The van der Waals surface area contributed by atoms with Gasteiger partial charge in [0, 0.05) is 13.1 Å². The molecule has 0 spiro atoms. The topological polar surface area (TPSA) is 61.9 Å². The first-order valence-electron chi connectivity index (χ1n) is 7.90. The maximum atomic E-state index is 12.1. The number of likely N-dealkylation sites (N-methyl/N-ethyl adjacent to an activating group) is 1. The molecule has 0 aromatic heterocycles. The van der Waals surface area contributed by atoms with E-state index in [1.807, 2.05) is 37.4 Å². The summed E-state index contributed by atoms with van der Waals surface area (Å²) in [4.78, 5) is 27.2. The number of hydrogen-bond donors (Lipinski definition) is 1. The van der Waals surface area contributed by atoms with Crippen molar-refractivity contribution in [1.29, 1.82) is 0 Å². The Morgan fingerprint density at radius 3 is 2.48 bits per heavy atom. The van der Waals surface area contributed by atoms with Gasteiger partial charge in [0.05, 0.1) is 0 Å². The molecule has 1 aromatic rings. The fraction of sp³-hybridized carbons (Fsp3) is 0.529. The van der Waals surface area contributed by atoms with Gasteiger partial charge >= 0.3 is 6.03 Å². The van der Waals surface area contributed by atoms with Gasteiger partial charge in [-0.1, -0.05) is 18.2 Å². The van der Waals surface area contributed by atoms with Crippen molar-refractivity contribution in [2.24, 2.45) is 0 Å². The Morgan fingerprint density at radius 2 is 1.87 bits per heavy atom. The van der Waals surface area contributed by atoms with E-state index in [-0.39, 0.29) is 11.9 Å². The average Bonchev–Trinajstić information content (AvgIpc) is 2.70. The van der Waals surface area contributed by atoms with Crippen molar-refractivity contribution in [2.75, 3.05) is 33.3 Å². The third-order valence-corrected chi connectivity index (χ3v) is 3.85. The highest BCUT2D eigenvalue weighted by Crippen LogP contribution is 2.16. The van der Waals surface area contributed by atoms with E-state index in [9.17, 15) is 9.59 Å². The molecule has 0 atom stereocenters. The molecule has 1 aromatic carbocycles. The summed E-state index contributed by atoms with van der Waals surface area (Å²) in [7, 11) is 2.00. The van der Waals surface area contributed by atoms with Crippen LogP contribution < -0.4 is 10.1 Å². The molecule has 23 heavy (non-hydrogen) atoms. The van der Waals surface area contributed by atoms with Gasteiger partial charge in [-0.2, -0.15) is 0 Å². The predicted octanol–water partition coefficient (Wildman–Crippen LogP) is 1.72. The first-order chi connectivity index (χ1) is 10.9. The highest BCUT2D eigenvalue weighted by atomic mass is 16.5. The summed E-state index contributed by atoms with van der Waals surface area (Å²) >= 11 is 0. The second-order valence-corrected chi connectivity index (χ2v) is 6.33. The Balaban J connectivity index is 1.64. The van der Waals surface area contributed by atoms with Crippen LogP contribution in [-0.2, 0) is 4.79 Å². The molecule has 0 bridgehead atoms.